The Kier molecular flexibility index (Phi) is 5.64. The number of benzene rings is 2. The van der Waals surface area contributed by atoms with Crippen molar-refractivity contribution in [2.24, 2.45) is 0 Å². The summed E-state index contributed by atoms with van der Waals surface area (Å²) in [6, 6.07) is 7.49. The van der Waals surface area contributed by atoms with Crippen molar-refractivity contribution in [3.8, 4) is 5.75 Å². The predicted octanol–water partition coefficient (Wildman–Crippen LogP) is 6.22. The van der Waals surface area contributed by atoms with Crippen LogP contribution in [0.2, 0.25) is 25.1 Å². The van der Waals surface area contributed by atoms with E-state index in [1.807, 2.05) is 0 Å². The van der Waals surface area contributed by atoms with Gasteiger partial charge in [0.15, 0.2) is 12.4 Å². The minimum atomic E-state index is -0.268. The predicted molar refractivity (Wildman–Crippen MR) is 87.8 cm³/mol. The first-order chi connectivity index (χ1) is 9.88. The zero-order valence-corrected chi connectivity index (χ0v) is 14.1. The first-order valence-electron chi connectivity index (χ1n) is 5.64. The molecule has 0 saturated carbocycles. The molecule has 0 aliphatic heterocycles. The maximum atomic E-state index is 12.0. The molecule has 0 fully saturated rings. The minimum Gasteiger partial charge on any atom is -0.484 e. The van der Waals surface area contributed by atoms with E-state index in [-0.39, 0.29) is 28.2 Å². The van der Waals surface area contributed by atoms with Crippen LogP contribution in [0, 0.1) is 0 Å². The Bertz CT molecular complexity index is 700. The van der Waals surface area contributed by atoms with Gasteiger partial charge in [-0.3, -0.25) is 4.79 Å². The molecule has 0 aliphatic rings. The molecule has 21 heavy (non-hydrogen) atoms. The van der Waals surface area contributed by atoms with Gasteiger partial charge in [0.05, 0.1) is 25.1 Å². The summed E-state index contributed by atoms with van der Waals surface area (Å²) in [5.41, 5.74) is 0.389. The highest BCUT2D eigenvalue weighted by molar-refractivity contribution is 6.43. The second kappa shape index (κ2) is 7.08. The summed E-state index contributed by atoms with van der Waals surface area (Å²) in [6.07, 6.45) is 0. The number of carbonyl (C=O) groups excluding carboxylic acids is 1. The van der Waals surface area contributed by atoms with Crippen LogP contribution in [0.4, 0.5) is 0 Å². The topological polar surface area (TPSA) is 26.3 Å². The molecule has 2 rings (SSSR count). The van der Waals surface area contributed by atoms with Crippen molar-refractivity contribution in [2.75, 3.05) is 6.61 Å². The summed E-state index contributed by atoms with van der Waals surface area (Å²) in [5.74, 6) is 0.00943. The van der Waals surface area contributed by atoms with Gasteiger partial charge in [-0.25, -0.2) is 0 Å². The quantitative estimate of drug-likeness (QED) is 0.462. The van der Waals surface area contributed by atoms with Crippen molar-refractivity contribution >= 4 is 63.8 Å². The molecule has 0 atom stereocenters. The third kappa shape index (κ3) is 4.18. The van der Waals surface area contributed by atoms with E-state index >= 15 is 0 Å². The van der Waals surface area contributed by atoms with Gasteiger partial charge in [-0.2, -0.15) is 0 Å². The van der Waals surface area contributed by atoms with Gasteiger partial charge in [-0.05, 0) is 24.3 Å². The Hall–Kier alpha value is -0.640. The van der Waals surface area contributed by atoms with Gasteiger partial charge in [0.2, 0.25) is 0 Å². The van der Waals surface area contributed by atoms with Crippen LogP contribution in [0.15, 0.2) is 30.3 Å². The molecule has 110 valence electrons. The minimum absolute atomic E-state index is 0.213. The maximum absolute atomic E-state index is 12.0. The Labute approximate surface area is 146 Å². The smallest absolute Gasteiger partial charge is 0.200 e. The molecule has 0 aliphatic carbocycles. The Morgan fingerprint density at radius 3 is 2.10 bits per heavy atom. The van der Waals surface area contributed by atoms with Crippen molar-refractivity contribution < 1.29 is 9.53 Å². The molecule has 0 unspecified atom stereocenters. The third-order valence-corrected chi connectivity index (χ3v) is 4.33. The lowest BCUT2D eigenvalue weighted by atomic mass is 10.1. The van der Waals surface area contributed by atoms with E-state index in [0.717, 1.165) is 0 Å². The number of ketones is 1. The summed E-state index contributed by atoms with van der Waals surface area (Å²) in [5, 5.41) is 1.55. The highest BCUT2D eigenvalue weighted by atomic mass is 35.5. The monoisotopic (exact) mass is 382 g/mol. The number of carbonyl (C=O) groups is 1. The summed E-state index contributed by atoms with van der Waals surface area (Å²) < 4.78 is 5.36. The van der Waals surface area contributed by atoms with E-state index in [1.54, 1.807) is 12.1 Å². The molecular formula is C14H7Cl5O2. The fourth-order valence-corrected chi connectivity index (χ4v) is 2.40. The van der Waals surface area contributed by atoms with Gasteiger partial charge < -0.3 is 4.74 Å². The van der Waals surface area contributed by atoms with Crippen LogP contribution in [0.1, 0.15) is 10.4 Å². The summed E-state index contributed by atoms with van der Waals surface area (Å²) >= 11 is 29.3. The second-order valence-electron chi connectivity index (χ2n) is 4.04. The number of hydrogen-bond donors (Lipinski definition) is 0. The van der Waals surface area contributed by atoms with Crippen LogP contribution >= 0.6 is 58.0 Å². The molecule has 0 radical (unpaired) electrons. The van der Waals surface area contributed by atoms with E-state index in [4.69, 9.17) is 62.7 Å². The molecule has 0 spiro atoms. The molecule has 0 heterocycles. The standard InChI is InChI=1S/C14H7Cl5O2/c15-8-2-1-7(3-9(8)16)13(20)6-21-14-5-11(18)10(17)4-12(14)19/h1-5H,6H2. The number of ether oxygens (including phenoxy) is 1. The molecule has 0 saturated heterocycles. The number of halogens is 5. The Morgan fingerprint density at radius 1 is 0.810 bits per heavy atom. The van der Waals surface area contributed by atoms with E-state index < -0.39 is 0 Å². The lowest BCUT2D eigenvalue weighted by molar-refractivity contribution is 0.0921. The van der Waals surface area contributed by atoms with Crippen molar-refractivity contribution in [2.45, 2.75) is 0 Å². The van der Waals surface area contributed by atoms with Crippen molar-refractivity contribution in [1.82, 2.24) is 0 Å². The van der Waals surface area contributed by atoms with Gasteiger partial charge in [-0.15, -0.1) is 0 Å². The van der Waals surface area contributed by atoms with Crippen LogP contribution in [0.25, 0.3) is 0 Å². The fourth-order valence-electron chi connectivity index (χ4n) is 1.51. The molecule has 0 bridgehead atoms. The third-order valence-electron chi connectivity index (χ3n) is 2.58. The van der Waals surface area contributed by atoms with Gasteiger partial charge in [-0.1, -0.05) is 58.0 Å². The zero-order valence-electron chi connectivity index (χ0n) is 10.3. The number of hydrogen-bond acceptors (Lipinski definition) is 2. The van der Waals surface area contributed by atoms with E-state index in [0.29, 0.717) is 20.6 Å². The van der Waals surface area contributed by atoms with Crippen LogP contribution in [0.5, 0.6) is 5.75 Å². The van der Waals surface area contributed by atoms with Crippen molar-refractivity contribution in [3.05, 3.63) is 61.0 Å². The van der Waals surface area contributed by atoms with Gasteiger partial charge in [0.25, 0.3) is 0 Å². The summed E-state index contributed by atoms with van der Waals surface area (Å²) in [4.78, 5) is 12.0. The summed E-state index contributed by atoms with van der Waals surface area (Å²) in [7, 11) is 0. The average molecular weight is 384 g/mol. The van der Waals surface area contributed by atoms with Crippen LogP contribution in [0.3, 0.4) is 0 Å². The van der Waals surface area contributed by atoms with Crippen LogP contribution in [-0.4, -0.2) is 12.4 Å². The number of rotatable bonds is 4. The van der Waals surface area contributed by atoms with Crippen LogP contribution in [-0.2, 0) is 0 Å². The van der Waals surface area contributed by atoms with E-state index in [9.17, 15) is 4.79 Å². The molecule has 2 aromatic carbocycles. The zero-order chi connectivity index (χ0) is 15.6. The molecule has 0 N–H and O–H groups in total. The molecule has 7 heteroatoms. The largest absolute Gasteiger partial charge is 0.484 e. The lowest BCUT2D eigenvalue weighted by Crippen LogP contribution is -2.11. The normalized spacial score (nSPS) is 10.5. The van der Waals surface area contributed by atoms with Gasteiger partial charge in [0.1, 0.15) is 5.75 Å². The lowest BCUT2D eigenvalue weighted by Gasteiger charge is -2.09. The van der Waals surface area contributed by atoms with Gasteiger partial charge in [0, 0.05) is 11.6 Å². The molecular weight excluding hydrogens is 377 g/mol. The van der Waals surface area contributed by atoms with Crippen molar-refractivity contribution in [3.63, 3.8) is 0 Å². The van der Waals surface area contributed by atoms with Crippen molar-refractivity contribution in [1.29, 1.82) is 0 Å². The van der Waals surface area contributed by atoms with Crippen LogP contribution < -0.4 is 4.74 Å². The first kappa shape index (κ1) is 16.7. The molecule has 0 amide bonds. The Balaban J connectivity index is 2.11. The van der Waals surface area contributed by atoms with E-state index in [2.05, 4.69) is 0 Å². The fraction of sp³-hybridized carbons (Fsp3) is 0.0714. The number of Topliss-reactive ketones (excluding diaryl/α,β-unsaturated/α-hetero) is 1. The molecule has 0 aromatic heterocycles. The molecule has 2 nitrogen and oxygen atoms in total. The average Bonchev–Trinajstić information content (AvgIpc) is 2.44. The SMILES string of the molecule is O=C(COc1cc(Cl)c(Cl)cc1Cl)c1ccc(Cl)c(Cl)c1. The maximum Gasteiger partial charge on any atom is 0.200 e. The Morgan fingerprint density at radius 2 is 1.43 bits per heavy atom. The highest BCUT2D eigenvalue weighted by Gasteiger charge is 2.12. The summed E-state index contributed by atoms with van der Waals surface area (Å²) in [6.45, 7) is -0.213. The van der Waals surface area contributed by atoms with Gasteiger partial charge >= 0.3 is 0 Å². The highest BCUT2D eigenvalue weighted by Crippen LogP contribution is 2.34. The van der Waals surface area contributed by atoms with E-state index in [1.165, 1.54) is 18.2 Å². The molecule has 2 aromatic rings. The second-order valence-corrected chi connectivity index (χ2v) is 6.07. The first-order valence-corrected chi connectivity index (χ1v) is 7.53.